The molecule has 1 rings (SSSR count). The summed E-state index contributed by atoms with van der Waals surface area (Å²) in [5.74, 6) is 0.853. The van der Waals surface area contributed by atoms with Crippen molar-refractivity contribution in [2.75, 3.05) is 31.5 Å². The van der Waals surface area contributed by atoms with Crippen molar-refractivity contribution < 1.29 is 19.1 Å². The topological polar surface area (TPSA) is 91.7 Å². The first-order valence-electron chi connectivity index (χ1n) is 5.97. The summed E-state index contributed by atoms with van der Waals surface area (Å²) in [5.41, 5.74) is 1.26. The van der Waals surface area contributed by atoms with Crippen LogP contribution in [0, 0.1) is 5.41 Å². The molecule has 0 unspecified atom stereocenters. The Morgan fingerprint density at radius 2 is 2.00 bits per heavy atom. The number of methoxy groups -OCH3 is 2. The first-order valence-corrected chi connectivity index (χ1v) is 5.97. The van der Waals surface area contributed by atoms with Gasteiger partial charge in [-0.3, -0.25) is 9.59 Å². The summed E-state index contributed by atoms with van der Waals surface area (Å²) in [4.78, 5) is 22.9. The molecule has 1 amide bonds. The number of carbonyl (C=O) groups excluding carboxylic acids is 2. The second-order valence-corrected chi connectivity index (χ2v) is 4.00. The van der Waals surface area contributed by atoms with Gasteiger partial charge in [0, 0.05) is 36.8 Å². The van der Waals surface area contributed by atoms with Gasteiger partial charge in [-0.15, -0.1) is 0 Å². The van der Waals surface area contributed by atoms with Crippen LogP contribution in [0.3, 0.4) is 0 Å². The average Bonchev–Trinajstić information content (AvgIpc) is 2.53. The second-order valence-electron chi connectivity index (χ2n) is 4.00. The van der Waals surface area contributed by atoms with Gasteiger partial charge in [-0.1, -0.05) is 0 Å². The maximum atomic E-state index is 11.0. The van der Waals surface area contributed by atoms with E-state index in [0.717, 1.165) is 6.21 Å². The highest BCUT2D eigenvalue weighted by Crippen LogP contribution is 2.39. The average molecular weight is 291 g/mol. The molecule has 0 atom stereocenters. The van der Waals surface area contributed by atoms with Crippen LogP contribution in [0.25, 0.3) is 0 Å². The first-order chi connectivity index (χ1) is 10.1. The standard InChI is InChI=1S/C14H17N3O4/c1-17(9-19)12-4-11(16-7-10(6-15)8-18)5-13(20-2)14(12)21-3/h4-9,15-16H,1-3H3/b10-7+,15-6?. The second kappa shape index (κ2) is 7.68. The summed E-state index contributed by atoms with van der Waals surface area (Å²) in [6, 6.07) is 3.32. The number of aldehydes is 1. The molecule has 0 radical (unpaired) electrons. The number of hydrogen-bond acceptors (Lipinski definition) is 6. The van der Waals surface area contributed by atoms with Gasteiger partial charge in [0.25, 0.3) is 0 Å². The van der Waals surface area contributed by atoms with Gasteiger partial charge in [0.15, 0.2) is 17.8 Å². The van der Waals surface area contributed by atoms with Gasteiger partial charge < -0.3 is 25.1 Å². The van der Waals surface area contributed by atoms with Gasteiger partial charge in [-0.2, -0.15) is 0 Å². The van der Waals surface area contributed by atoms with E-state index in [2.05, 4.69) is 5.32 Å². The number of carbonyl (C=O) groups is 2. The molecule has 1 aromatic carbocycles. The first kappa shape index (κ1) is 16.2. The van der Waals surface area contributed by atoms with E-state index in [1.807, 2.05) is 0 Å². The number of benzene rings is 1. The molecule has 0 saturated heterocycles. The lowest BCUT2D eigenvalue weighted by Crippen LogP contribution is -2.15. The van der Waals surface area contributed by atoms with Gasteiger partial charge in [-0.25, -0.2) is 0 Å². The molecule has 0 bridgehead atoms. The zero-order valence-corrected chi connectivity index (χ0v) is 12.0. The molecule has 21 heavy (non-hydrogen) atoms. The fourth-order valence-corrected chi connectivity index (χ4v) is 1.62. The number of rotatable bonds is 8. The van der Waals surface area contributed by atoms with E-state index >= 15 is 0 Å². The summed E-state index contributed by atoms with van der Waals surface area (Å²) >= 11 is 0. The summed E-state index contributed by atoms with van der Waals surface area (Å²) in [6.07, 6.45) is 3.51. The van der Waals surface area contributed by atoms with Gasteiger partial charge >= 0.3 is 0 Å². The Labute approximate surface area is 122 Å². The van der Waals surface area contributed by atoms with Crippen molar-refractivity contribution in [1.82, 2.24) is 0 Å². The molecule has 0 fully saturated rings. The molecule has 0 aromatic heterocycles. The normalized spacial score (nSPS) is 10.5. The van der Waals surface area contributed by atoms with Crippen molar-refractivity contribution in [1.29, 1.82) is 5.41 Å². The molecule has 1 aromatic rings. The molecule has 0 aliphatic heterocycles. The molecule has 0 aliphatic rings. The number of nitrogens with one attached hydrogen (secondary N) is 2. The third kappa shape index (κ3) is 3.82. The molecular weight excluding hydrogens is 274 g/mol. The molecule has 7 nitrogen and oxygen atoms in total. The predicted octanol–water partition coefficient (Wildman–Crippen LogP) is 1.44. The Morgan fingerprint density at radius 1 is 1.29 bits per heavy atom. The van der Waals surface area contributed by atoms with E-state index in [4.69, 9.17) is 14.9 Å². The highest BCUT2D eigenvalue weighted by molar-refractivity contribution is 6.00. The summed E-state index contributed by atoms with van der Waals surface area (Å²) in [6.45, 7) is 0. The van der Waals surface area contributed by atoms with Gasteiger partial charge in [0.2, 0.25) is 6.41 Å². The molecule has 2 N–H and O–H groups in total. The van der Waals surface area contributed by atoms with E-state index in [9.17, 15) is 9.59 Å². The zero-order chi connectivity index (χ0) is 15.8. The SMILES string of the molecule is COc1cc(N/C=C(\C=N)C=O)cc(N(C)C=O)c1OC. The van der Waals surface area contributed by atoms with Crippen molar-refractivity contribution in [2.24, 2.45) is 0 Å². The lowest BCUT2D eigenvalue weighted by Gasteiger charge is -2.19. The fraction of sp³-hybridized carbons (Fsp3) is 0.214. The molecule has 7 heteroatoms. The number of hydrogen-bond donors (Lipinski definition) is 2. The van der Waals surface area contributed by atoms with Crippen molar-refractivity contribution in [2.45, 2.75) is 0 Å². The van der Waals surface area contributed by atoms with Gasteiger partial charge in [0.05, 0.1) is 19.9 Å². The molecule has 0 heterocycles. The Kier molecular flexibility index (Phi) is 5.94. The van der Waals surface area contributed by atoms with Crippen LogP contribution in [0.15, 0.2) is 23.9 Å². The predicted molar refractivity (Wildman–Crippen MR) is 80.6 cm³/mol. The highest BCUT2D eigenvalue weighted by Gasteiger charge is 2.15. The van der Waals surface area contributed by atoms with Crippen LogP contribution in [0.5, 0.6) is 11.5 Å². The van der Waals surface area contributed by atoms with Crippen LogP contribution in [0.2, 0.25) is 0 Å². The third-order valence-corrected chi connectivity index (χ3v) is 2.71. The number of allylic oxidation sites excluding steroid dienone is 1. The van der Waals surface area contributed by atoms with Crippen LogP contribution in [0.1, 0.15) is 0 Å². The van der Waals surface area contributed by atoms with E-state index in [1.54, 1.807) is 19.2 Å². The Bertz CT molecular complexity index is 560. The molecule has 0 aliphatic carbocycles. The van der Waals surface area contributed by atoms with Crippen molar-refractivity contribution in [3.63, 3.8) is 0 Å². The molecular formula is C14H17N3O4. The fourth-order valence-electron chi connectivity index (χ4n) is 1.62. The maximum absolute atomic E-state index is 11.0. The van der Waals surface area contributed by atoms with Gasteiger partial charge in [-0.05, 0) is 6.07 Å². The minimum atomic E-state index is 0.176. The minimum absolute atomic E-state index is 0.176. The smallest absolute Gasteiger partial charge is 0.213 e. The van der Waals surface area contributed by atoms with Crippen LogP contribution in [-0.2, 0) is 9.59 Å². The molecule has 0 spiro atoms. The van der Waals surface area contributed by atoms with E-state index in [1.165, 1.54) is 25.3 Å². The van der Waals surface area contributed by atoms with E-state index in [-0.39, 0.29) is 5.57 Å². The number of amides is 1. The maximum Gasteiger partial charge on any atom is 0.213 e. The number of ether oxygens (including phenoxy) is 2. The van der Waals surface area contributed by atoms with Crippen LogP contribution in [-0.4, -0.2) is 40.2 Å². The zero-order valence-electron chi connectivity index (χ0n) is 12.0. The largest absolute Gasteiger partial charge is 0.493 e. The molecule has 0 saturated carbocycles. The highest BCUT2D eigenvalue weighted by atomic mass is 16.5. The Morgan fingerprint density at radius 3 is 2.48 bits per heavy atom. The molecule has 112 valence electrons. The van der Waals surface area contributed by atoms with Crippen molar-refractivity contribution in [3.8, 4) is 11.5 Å². The van der Waals surface area contributed by atoms with Crippen molar-refractivity contribution >= 4 is 30.3 Å². The lowest BCUT2D eigenvalue weighted by atomic mass is 10.2. The van der Waals surface area contributed by atoms with Crippen molar-refractivity contribution in [3.05, 3.63) is 23.9 Å². The summed E-state index contributed by atoms with van der Waals surface area (Å²) < 4.78 is 10.5. The number of anilines is 2. The Hall–Kier alpha value is -2.83. The number of nitrogens with zero attached hydrogens (tertiary/aromatic N) is 1. The van der Waals surface area contributed by atoms with Crippen LogP contribution < -0.4 is 19.7 Å². The lowest BCUT2D eigenvalue weighted by molar-refractivity contribution is -0.107. The quantitative estimate of drug-likeness (QED) is 0.429. The van der Waals surface area contributed by atoms with Gasteiger partial charge in [0.1, 0.15) is 0 Å². The van der Waals surface area contributed by atoms with E-state index < -0.39 is 0 Å². The Balaban J connectivity index is 3.28. The van der Waals surface area contributed by atoms with Crippen LogP contribution in [0.4, 0.5) is 11.4 Å². The van der Waals surface area contributed by atoms with Crippen LogP contribution >= 0.6 is 0 Å². The van der Waals surface area contributed by atoms with E-state index in [0.29, 0.717) is 35.6 Å². The summed E-state index contributed by atoms with van der Waals surface area (Å²) in [5, 5.41) is 9.91. The minimum Gasteiger partial charge on any atom is -0.493 e. The third-order valence-electron chi connectivity index (χ3n) is 2.71. The summed E-state index contributed by atoms with van der Waals surface area (Å²) in [7, 11) is 4.54. The monoisotopic (exact) mass is 291 g/mol.